The second-order valence-corrected chi connectivity index (χ2v) is 18.3. The third-order valence-electron chi connectivity index (χ3n) is 12.9. The van der Waals surface area contributed by atoms with E-state index in [9.17, 15) is 0 Å². The van der Waals surface area contributed by atoms with Gasteiger partial charge < -0.3 is 4.90 Å². The van der Waals surface area contributed by atoms with Gasteiger partial charge in [-0.3, -0.25) is 13.5 Å². The summed E-state index contributed by atoms with van der Waals surface area (Å²) >= 11 is 0. The molecule has 0 aliphatic carbocycles. The summed E-state index contributed by atoms with van der Waals surface area (Å²) in [7, 11) is 0. The molecule has 7 aromatic carbocycles. The zero-order valence-electron chi connectivity index (χ0n) is 37.4. The molecule has 0 atom stereocenters. The maximum atomic E-state index is 5.34. The lowest BCUT2D eigenvalue weighted by Crippen LogP contribution is -2.11. The van der Waals surface area contributed by atoms with Gasteiger partial charge in [-0.25, -0.2) is 9.97 Å². The topological polar surface area (TPSA) is 43.3 Å². The Balaban J connectivity index is 1.15. The lowest BCUT2D eigenvalue weighted by molar-refractivity contribution is 0.637. The molecule has 0 amide bonds. The number of pyridine rings is 1. The van der Waals surface area contributed by atoms with Crippen LogP contribution in [-0.2, 0) is 12.8 Å². The van der Waals surface area contributed by atoms with Crippen molar-refractivity contribution in [1.29, 1.82) is 0 Å². The summed E-state index contributed by atoms with van der Waals surface area (Å²) in [5, 5.41) is 5.87. The molecule has 0 unspecified atom stereocenters. The quantitative estimate of drug-likeness (QED) is 0.129. The smallest absolute Gasteiger partial charge is 0.219 e. The zero-order valence-corrected chi connectivity index (χ0v) is 37.4. The summed E-state index contributed by atoms with van der Waals surface area (Å²) in [6, 6.07) is 55.4. The van der Waals surface area contributed by atoms with Crippen molar-refractivity contribution in [2.24, 2.45) is 11.8 Å². The van der Waals surface area contributed by atoms with Crippen LogP contribution in [0.15, 0.2) is 170 Å². The van der Waals surface area contributed by atoms with Gasteiger partial charge >= 0.3 is 0 Å². The third-order valence-corrected chi connectivity index (χ3v) is 12.9. The normalized spacial score (nSPS) is 12.0. The molecule has 0 N–H and O–H groups in total. The van der Waals surface area contributed by atoms with Crippen molar-refractivity contribution in [3.63, 3.8) is 0 Å². The molecule has 4 aromatic heterocycles. The van der Waals surface area contributed by atoms with Crippen LogP contribution in [0.4, 0.5) is 17.1 Å². The molecule has 0 aliphatic rings. The van der Waals surface area contributed by atoms with Crippen molar-refractivity contribution in [1.82, 2.24) is 23.5 Å². The highest BCUT2D eigenvalue weighted by atomic mass is 15.2. The van der Waals surface area contributed by atoms with E-state index in [1.165, 1.54) is 49.4 Å². The molecule has 6 heteroatoms. The fourth-order valence-corrected chi connectivity index (χ4v) is 10.3. The van der Waals surface area contributed by atoms with Crippen molar-refractivity contribution in [2.75, 3.05) is 4.90 Å². The predicted molar refractivity (Wildman–Crippen MR) is 268 cm³/mol. The van der Waals surface area contributed by atoms with E-state index in [-0.39, 0.29) is 0 Å². The molecule has 11 aromatic rings. The Hall–Kier alpha value is -7.44. The summed E-state index contributed by atoms with van der Waals surface area (Å²) < 4.78 is 7.00. The summed E-state index contributed by atoms with van der Waals surface area (Å²) in [4.78, 5) is 12.8. The molecular weight excluding hydrogens is 781 g/mol. The first-order chi connectivity index (χ1) is 31.2. The Labute approximate surface area is 374 Å². The Morgan fingerprint density at radius 1 is 0.516 bits per heavy atom. The van der Waals surface area contributed by atoms with Gasteiger partial charge in [0.2, 0.25) is 5.95 Å². The van der Waals surface area contributed by atoms with Crippen LogP contribution in [0.5, 0.6) is 0 Å². The number of para-hydroxylation sites is 4. The number of aromatic nitrogens is 5. The molecule has 0 fully saturated rings. The molecule has 0 bridgehead atoms. The molecular formula is C58H52N6. The van der Waals surface area contributed by atoms with E-state index in [4.69, 9.17) is 9.97 Å². The van der Waals surface area contributed by atoms with Crippen LogP contribution in [0, 0.1) is 25.7 Å². The minimum absolute atomic E-state index is 0.524. The average molecular weight is 833 g/mol. The summed E-state index contributed by atoms with van der Waals surface area (Å²) in [6.07, 6.45) is 8.14. The van der Waals surface area contributed by atoms with E-state index in [1.807, 2.05) is 6.20 Å². The first-order valence-corrected chi connectivity index (χ1v) is 22.7. The molecule has 11 rings (SSSR count). The number of hydrogen-bond acceptors (Lipinski definition) is 3. The highest BCUT2D eigenvalue weighted by Crippen LogP contribution is 2.43. The molecule has 0 saturated carbocycles. The van der Waals surface area contributed by atoms with Gasteiger partial charge in [-0.1, -0.05) is 131 Å². The van der Waals surface area contributed by atoms with Gasteiger partial charge in [0.15, 0.2) is 0 Å². The van der Waals surface area contributed by atoms with Crippen LogP contribution in [0.25, 0.3) is 72.0 Å². The van der Waals surface area contributed by atoms with Crippen molar-refractivity contribution >= 4 is 66.2 Å². The van der Waals surface area contributed by atoms with Gasteiger partial charge in [0.1, 0.15) is 5.65 Å². The Kier molecular flexibility index (Phi) is 9.68. The van der Waals surface area contributed by atoms with Gasteiger partial charge in [0.25, 0.3) is 0 Å². The number of aryl methyl sites for hydroxylation is 2. The highest BCUT2D eigenvalue weighted by molar-refractivity contribution is 6.14. The molecule has 0 saturated heterocycles. The molecule has 4 heterocycles. The first kappa shape index (κ1) is 39.4. The minimum atomic E-state index is 0.524. The first-order valence-electron chi connectivity index (χ1n) is 22.7. The van der Waals surface area contributed by atoms with Gasteiger partial charge in [-0.15, -0.1) is 0 Å². The van der Waals surface area contributed by atoms with Gasteiger partial charge in [0, 0.05) is 56.6 Å². The SMILES string of the molecule is Cc1cccc(C)c1-n1ccnc1-n1c2ccccc2c2ccc(N(c3ccccc3)c3ccc4c5ccccc5n5c(-c6c(CC(C)C)cccc6CC(C)C)cnc5c4c3)cc21. The van der Waals surface area contributed by atoms with Gasteiger partial charge in [-0.2, -0.15) is 0 Å². The number of benzene rings is 7. The maximum Gasteiger partial charge on any atom is 0.219 e. The van der Waals surface area contributed by atoms with Crippen LogP contribution in [0.3, 0.4) is 0 Å². The van der Waals surface area contributed by atoms with Crippen LogP contribution in [0.1, 0.15) is 49.9 Å². The van der Waals surface area contributed by atoms with Crippen LogP contribution in [0.2, 0.25) is 0 Å². The third kappa shape index (κ3) is 6.47. The van der Waals surface area contributed by atoms with E-state index in [2.05, 4.69) is 224 Å². The van der Waals surface area contributed by atoms with Crippen molar-refractivity contribution in [2.45, 2.75) is 54.4 Å². The Bertz CT molecular complexity index is 3500. The number of rotatable bonds is 10. The van der Waals surface area contributed by atoms with Crippen LogP contribution >= 0.6 is 0 Å². The summed E-state index contributed by atoms with van der Waals surface area (Å²) in [5.74, 6) is 1.90. The molecule has 6 nitrogen and oxygen atoms in total. The lowest BCUT2D eigenvalue weighted by Gasteiger charge is -2.26. The van der Waals surface area contributed by atoms with Crippen molar-refractivity contribution in [3.8, 4) is 22.9 Å². The predicted octanol–water partition coefficient (Wildman–Crippen LogP) is 15.1. The fraction of sp³-hybridized carbons (Fsp3) is 0.172. The molecule has 0 aliphatic heterocycles. The molecule has 314 valence electrons. The second-order valence-electron chi connectivity index (χ2n) is 18.3. The standard InChI is InChI=1S/C58H52N6/c1-37(2)32-41-18-15-19-42(33-38(3)4)55(41)54-36-60-57-50-34-44(26-28-46(50)47-22-10-12-24-51(47)63(54)57)62(43-20-8-7-9-21-43)45-27-29-49-48-23-11-13-25-52(48)64(53(49)35-45)58-59-30-31-61(58)56-39(5)16-14-17-40(56)6/h7-31,34-38H,32-33H2,1-6H3. The number of anilines is 3. The van der Waals surface area contributed by atoms with E-state index in [0.29, 0.717) is 11.8 Å². The van der Waals surface area contributed by atoms with Crippen LogP contribution < -0.4 is 4.90 Å². The average Bonchev–Trinajstić information content (AvgIpc) is 4.03. The number of nitrogens with zero attached hydrogens (tertiary/aromatic N) is 6. The zero-order chi connectivity index (χ0) is 43.6. The van der Waals surface area contributed by atoms with E-state index in [0.717, 1.165) is 74.8 Å². The Morgan fingerprint density at radius 3 is 1.81 bits per heavy atom. The molecule has 0 radical (unpaired) electrons. The van der Waals surface area contributed by atoms with Gasteiger partial charge in [-0.05, 0) is 115 Å². The number of imidazole rings is 2. The monoisotopic (exact) mass is 832 g/mol. The van der Waals surface area contributed by atoms with Crippen molar-refractivity contribution < 1.29 is 0 Å². The Morgan fingerprint density at radius 2 is 1.11 bits per heavy atom. The largest absolute Gasteiger partial charge is 0.310 e. The molecule has 0 spiro atoms. The lowest BCUT2D eigenvalue weighted by atomic mass is 9.89. The second kappa shape index (κ2) is 15.7. The van der Waals surface area contributed by atoms with E-state index >= 15 is 0 Å². The maximum absolute atomic E-state index is 5.34. The molecule has 64 heavy (non-hydrogen) atoms. The van der Waals surface area contributed by atoms with Gasteiger partial charge in [0.05, 0.1) is 34.1 Å². The van der Waals surface area contributed by atoms with E-state index < -0.39 is 0 Å². The van der Waals surface area contributed by atoms with E-state index in [1.54, 1.807) is 0 Å². The summed E-state index contributed by atoms with van der Waals surface area (Å²) in [6.45, 7) is 13.6. The van der Waals surface area contributed by atoms with Crippen LogP contribution in [-0.4, -0.2) is 23.5 Å². The highest BCUT2D eigenvalue weighted by Gasteiger charge is 2.24. The number of fused-ring (bicyclic) bond motifs is 9. The minimum Gasteiger partial charge on any atom is -0.310 e. The fourth-order valence-electron chi connectivity index (χ4n) is 10.3. The summed E-state index contributed by atoms with van der Waals surface area (Å²) in [5.41, 5.74) is 16.3. The van der Waals surface area contributed by atoms with Crippen molar-refractivity contribution in [3.05, 3.63) is 193 Å². The number of hydrogen-bond donors (Lipinski definition) is 0.